The fraction of sp³-hybridized carbons (Fsp3) is 0.273. The molecule has 0 saturated carbocycles. The fourth-order valence-corrected chi connectivity index (χ4v) is 4.41. The van der Waals surface area contributed by atoms with Gasteiger partial charge in [-0.05, 0) is 37.1 Å². The molecule has 160 valence electrons. The van der Waals surface area contributed by atoms with E-state index in [2.05, 4.69) is 15.5 Å². The van der Waals surface area contributed by atoms with E-state index in [1.165, 1.54) is 35.5 Å². The molecule has 31 heavy (non-hydrogen) atoms. The average molecular weight is 440 g/mol. The predicted molar refractivity (Wildman–Crippen MR) is 117 cm³/mol. The number of halogens is 1. The topological polar surface area (TPSA) is 80.1 Å². The molecule has 0 saturated heterocycles. The molecule has 7 nitrogen and oxygen atoms in total. The van der Waals surface area contributed by atoms with E-state index in [9.17, 15) is 14.0 Å². The quantitative estimate of drug-likeness (QED) is 0.597. The summed E-state index contributed by atoms with van der Waals surface area (Å²) in [6.07, 6.45) is 0.861. The van der Waals surface area contributed by atoms with E-state index in [1.54, 1.807) is 29.5 Å². The molecule has 0 fully saturated rings. The number of thioether (sulfide) groups is 1. The number of carbonyl (C=O) groups excluding carboxylic acids is 2. The lowest BCUT2D eigenvalue weighted by Gasteiger charge is -2.17. The third-order valence-electron chi connectivity index (χ3n) is 5.23. The molecule has 1 aromatic heterocycles. The Morgan fingerprint density at radius 3 is 2.71 bits per heavy atom. The number of carbonyl (C=O) groups is 2. The van der Waals surface area contributed by atoms with Crippen LogP contribution in [0.3, 0.4) is 0 Å². The molecule has 9 heteroatoms. The molecule has 1 N–H and O–H groups in total. The standard InChI is InChI=1S/C22H22FN5O2S/c1-14(24-21(30)16-8-4-5-9-17(16)23)20-25-26-22(27(20)2)31-13-19(29)28-12-11-15-7-3-6-10-18(15)28/h3-10,14H,11-13H2,1-2H3,(H,24,30). The maximum Gasteiger partial charge on any atom is 0.254 e. The Morgan fingerprint density at radius 2 is 1.90 bits per heavy atom. The van der Waals surface area contributed by atoms with Crippen LogP contribution in [-0.4, -0.2) is 38.9 Å². The van der Waals surface area contributed by atoms with Crippen molar-refractivity contribution in [1.82, 2.24) is 20.1 Å². The number of benzene rings is 2. The molecule has 1 aliphatic heterocycles. The number of anilines is 1. The van der Waals surface area contributed by atoms with Crippen molar-refractivity contribution >= 4 is 29.3 Å². The second kappa shape index (κ2) is 8.89. The van der Waals surface area contributed by atoms with Gasteiger partial charge in [0.1, 0.15) is 5.82 Å². The van der Waals surface area contributed by atoms with E-state index in [0.29, 0.717) is 17.5 Å². The van der Waals surface area contributed by atoms with E-state index in [0.717, 1.165) is 12.1 Å². The summed E-state index contributed by atoms with van der Waals surface area (Å²) in [5.74, 6) is -0.336. The Balaban J connectivity index is 1.39. The van der Waals surface area contributed by atoms with Crippen molar-refractivity contribution in [3.05, 3.63) is 71.3 Å². The van der Waals surface area contributed by atoms with Gasteiger partial charge in [-0.2, -0.15) is 0 Å². The van der Waals surface area contributed by atoms with Crippen molar-refractivity contribution in [1.29, 1.82) is 0 Å². The lowest BCUT2D eigenvalue weighted by Crippen LogP contribution is -2.30. The van der Waals surface area contributed by atoms with Crippen molar-refractivity contribution in [3.63, 3.8) is 0 Å². The first-order chi connectivity index (χ1) is 15.0. The van der Waals surface area contributed by atoms with E-state index in [4.69, 9.17) is 0 Å². The van der Waals surface area contributed by atoms with Crippen molar-refractivity contribution in [3.8, 4) is 0 Å². The zero-order chi connectivity index (χ0) is 22.0. The Labute approximate surface area is 183 Å². The Bertz CT molecular complexity index is 1130. The molecule has 2 amide bonds. The van der Waals surface area contributed by atoms with Crippen LogP contribution in [0.15, 0.2) is 53.7 Å². The van der Waals surface area contributed by atoms with Crippen molar-refractivity contribution < 1.29 is 14.0 Å². The highest BCUT2D eigenvalue weighted by molar-refractivity contribution is 7.99. The molecule has 4 rings (SSSR count). The molecular weight excluding hydrogens is 417 g/mol. The summed E-state index contributed by atoms with van der Waals surface area (Å²) in [4.78, 5) is 26.9. The van der Waals surface area contributed by atoms with Gasteiger partial charge in [-0.3, -0.25) is 9.59 Å². The number of rotatable bonds is 6. The number of nitrogens with zero attached hydrogens (tertiary/aromatic N) is 4. The summed E-state index contributed by atoms with van der Waals surface area (Å²) in [5.41, 5.74) is 2.13. The Kier molecular flexibility index (Phi) is 6.03. The highest BCUT2D eigenvalue weighted by atomic mass is 32.2. The molecule has 0 spiro atoms. The van der Waals surface area contributed by atoms with Gasteiger partial charge >= 0.3 is 0 Å². The van der Waals surface area contributed by atoms with Gasteiger partial charge in [0.05, 0.1) is 17.4 Å². The first-order valence-corrected chi connectivity index (χ1v) is 10.9. The van der Waals surface area contributed by atoms with Gasteiger partial charge in [0.25, 0.3) is 5.91 Å². The molecule has 3 aromatic rings. The van der Waals surface area contributed by atoms with Crippen LogP contribution in [0, 0.1) is 5.82 Å². The Hall–Kier alpha value is -3.20. The second-order valence-corrected chi connectivity index (χ2v) is 8.23. The van der Waals surface area contributed by atoms with Gasteiger partial charge in [-0.15, -0.1) is 10.2 Å². The maximum absolute atomic E-state index is 13.8. The van der Waals surface area contributed by atoms with Crippen molar-refractivity contribution in [2.75, 3.05) is 17.2 Å². The molecule has 0 aliphatic carbocycles. The molecule has 2 heterocycles. The van der Waals surface area contributed by atoms with Gasteiger partial charge in [0, 0.05) is 19.3 Å². The van der Waals surface area contributed by atoms with Gasteiger partial charge in [0.2, 0.25) is 5.91 Å². The molecular formula is C22H22FN5O2S. The molecule has 0 radical (unpaired) electrons. The van der Waals surface area contributed by atoms with E-state index in [1.807, 2.05) is 24.3 Å². The maximum atomic E-state index is 13.8. The molecule has 1 atom stereocenters. The highest BCUT2D eigenvalue weighted by Crippen LogP contribution is 2.29. The van der Waals surface area contributed by atoms with Crippen molar-refractivity contribution in [2.45, 2.75) is 24.5 Å². The number of para-hydroxylation sites is 1. The summed E-state index contributed by atoms with van der Waals surface area (Å²) in [6, 6.07) is 13.2. The van der Waals surface area contributed by atoms with Crippen molar-refractivity contribution in [2.24, 2.45) is 7.05 Å². The minimum absolute atomic E-state index is 0.0143. The van der Waals surface area contributed by atoms with Crippen LogP contribution < -0.4 is 10.2 Å². The smallest absolute Gasteiger partial charge is 0.254 e. The number of hydrogen-bond donors (Lipinski definition) is 1. The zero-order valence-corrected chi connectivity index (χ0v) is 18.0. The number of nitrogens with one attached hydrogen (secondary N) is 1. The summed E-state index contributed by atoms with van der Waals surface area (Å²) >= 11 is 1.30. The fourth-order valence-electron chi connectivity index (χ4n) is 3.61. The first kappa shape index (κ1) is 21.0. The number of hydrogen-bond acceptors (Lipinski definition) is 5. The van der Waals surface area contributed by atoms with Gasteiger partial charge in [0.15, 0.2) is 11.0 Å². The minimum atomic E-state index is -0.580. The van der Waals surface area contributed by atoms with E-state index < -0.39 is 17.8 Å². The van der Waals surface area contributed by atoms with Crippen LogP contribution in [0.5, 0.6) is 0 Å². The third kappa shape index (κ3) is 4.32. The number of aromatic nitrogens is 3. The largest absolute Gasteiger partial charge is 0.342 e. The molecule has 2 aromatic carbocycles. The molecule has 1 unspecified atom stereocenters. The lowest BCUT2D eigenvalue weighted by molar-refractivity contribution is -0.116. The lowest BCUT2D eigenvalue weighted by atomic mass is 10.2. The first-order valence-electron chi connectivity index (χ1n) is 9.91. The van der Waals surface area contributed by atoms with E-state index in [-0.39, 0.29) is 17.2 Å². The van der Waals surface area contributed by atoms with Crippen LogP contribution >= 0.6 is 11.8 Å². The SMILES string of the molecule is CC(NC(=O)c1ccccc1F)c1nnc(SCC(=O)N2CCc3ccccc32)n1C. The third-order valence-corrected chi connectivity index (χ3v) is 6.24. The monoisotopic (exact) mass is 439 g/mol. The van der Waals surface area contributed by atoms with Gasteiger partial charge in [-0.25, -0.2) is 4.39 Å². The average Bonchev–Trinajstić information content (AvgIpc) is 3.36. The Morgan fingerprint density at radius 1 is 1.16 bits per heavy atom. The normalized spacial score (nSPS) is 13.7. The van der Waals surface area contributed by atoms with Crippen LogP contribution in [-0.2, 0) is 18.3 Å². The summed E-state index contributed by atoms with van der Waals surface area (Å²) in [6.45, 7) is 2.44. The van der Waals surface area contributed by atoms with Crippen LogP contribution in [0.25, 0.3) is 0 Å². The number of amides is 2. The van der Waals surface area contributed by atoms with Crippen LogP contribution in [0.2, 0.25) is 0 Å². The van der Waals surface area contributed by atoms with Crippen LogP contribution in [0.4, 0.5) is 10.1 Å². The summed E-state index contributed by atoms with van der Waals surface area (Å²) in [7, 11) is 1.78. The molecule has 0 bridgehead atoms. The predicted octanol–water partition coefficient (Wildman–Crippen LogP) is 3.13. The van der Waals surface area contributed by atoms with Crippen LogP contribution in [0.1, 0.15) is 34.7 Å². The zero-order valence-electron chi connectivity index (χ0n) is 17.2. The minimum Gasteiger partial charge on any atom is -0.342 e. The summed E-state index contributed by atoms with van der Waals surface area (Å²) in [5, 5.41) is 11.6. The second-order valence-electron chi connectivity index (χ2n) is 7.29. The molecule has 1 aliphatic rings. The number of fused-ring (bicyclic) bond motifs is 1. The summed E-state index contributed by atoms with van der Waals surface area (Å²) < 4.78 is 15.6. The van der Waals surface area contributed by atoms with Gasteiger partial charge in [-0.1, -0.05) is 42.1 Å². The van der Waals surface area contributed by atoms with Gasteiger partial charge < -0.3 is 14.8 Å². The van der Waals surface area contributed by atoms with E-state index >= 15 is 0 Å². The highest BCUT2D eigenvalue weighted by Gasteiger charge is 2.25.